The van der Waals surface area contributed by atoms with Crippen molar-refractivity contribution in [2.45, 2.75) is 45.3 Å². The fraction of sp³-hybridized carbons (Fsp3) is 0.440. The molecular weight excluding hydrogens is 451 g/mol. The first-order valence-electron chi connectivity index (χ1n) is 10.6. The van der Waals surface area contributed by atoms with E-state index in [-0.39, 0.29) is 24.5 Å². The van der Waals surface area contributed by atoms with Gasteiger partial charge in [-0.1, -0.05) is 38.1 Å². The number of hydrogen-bond acceptors (Lipinski definition) is 6. The Labute approximate surface area is 198 Å². The molecule has 2 atom stereocenters. The second-order valence-corrected chi connectivity index (χ2v) is 8.38. The maximum Gasteiger partial charge on any atom is 0.303 e. The Morgan fingerprint density at radius 3 is 1.58 bits per heavy atom. The maximum absolute atomic E-state index is 12.9. The monoisotopic (exact) mass is 480 g/mol. The topological polar surface area (TPSA) is 71.1 Å². The van der Waals surface area contributed by atoms with Gasteiger partial charge in [0.05, 0.1) is 5.88 Å². The predicted octanol–water partition coefficient (Wildman–Crippen LogP) is 4.84. The van der Waals surface area contributed by atoms with Gasteiger partial charge >= 0.3 is 11.9 Å². The van der Waals surface area contributed by atoms with Crippen LogP contribution in [0.2, 0.25) is 0 Å². The smallest absolute Gasteiger partial charge is 0.303 e. The molecule has 0 aromatic heterocycles. The fourth-order valence-corrected chi connectivity index (χ4v) is 3.32. The highest BCUT2D eigenvalue weighted by atomic mass is 35.5. The second-order valence-electron chi connectivity index (χ2n) is 8.07. The molecule has 2 rings (SSSR count). The summed E-state index contributed by atoms with van der Waals surface area (Å²) >= 11 is 5.80. The molecule has 0 aliphatic carbocycles. The fourth-order valence-electron chi connectivity index (χ4n) is 3.17. The van der Waals surface area contributed by atoms with E-state index >= 15 is 0 Å². The van der Waals surface area contributed by atoms with Gasteiger partial charge in [0.15, 0.2) is 6.10 Å². The van der Waals surface area contributed by atoms with Gasteiger partial charge in [-0.3, -0.25) is 9.59 Å². The van der Waals surface area contributed by atoms with Crippen LogP contribution in [-0.4, -0.2) is 49.9 Å². The third-order valence-corrected chi connectivity index (χ3v) is 5.38. The largest absolute Gasteiger partial charge is 0.490 e. The minimum atomic E-state index is -0.923. The van der Waals surface area contributed by atoms with E-state index in [1.54, 1.807) is 12.1 Å². The van der Waals surface area contributed by atoms with Crippen LogP contribution in [0.5, 0.6) is 11.5 Å². The average molecular weight is 481 g/mol. The van der Waals surface area contributed by atoms with Crippen molar-refractivity contribution in [1.29, 1.82) is 0 Å². The lowest BCUT2D eigenvalue weighted by atomic mass is 9.78. The number of rotatable bonds is 12. The zero-order chi connectivity index (χ0) is 24.4. The van der Waals surface area contributed by atoms with Crippen LogP contribution in [-0.2, 0) is 24.5 Å². The molecule has 2 aromatic rings. The molecule has 0 fully saturated rings. The second kappa shape index (κ2) is 12.4. The molecule has 2 aromatic carbocycles. The minimum Gasteiger partial charge on any atom is -0.490 e. The molecule has 0 spiro atoms. The van der Waals surface area contributed by atoms with Crippen LogP contribution in [0.4, 0.5) is 4.39 Å². The van der Waals surface area contributed by atoms with Crippen molar-refractivity contribution in [1.82, 2.24) is 0 Å². The van der Waals surface area contributed by atoms with E-state index in [4.69, 9.17) is 30.5 Å². The predicted molar refractivity (Wildman–Crippen MR) is 124 cm³/mol. The number of ether oxygens (including phenoxy) is 4. The summed E-state index contributed by atoms with van der Waals surface area (Å²) in [5.41, 5.74) is 1.83. The Morgan fingerprint density at radius 1 is 0.818 bits per heavy atom. The quantitative estimate of drug-likeness (QED) is 0.320. The molecule has 2 unspecified atom stereocenters. The molecule has 6 nitrogen and oxygen atoms in total. The van der Waals surface area contributed by atoms with Crippen molar-refractivity contribution in [3.63, 3.8) is 0 Å². The first kappa shape index (κ1) is 26.5. The number of alkyl halides is 2. The summed E-state index contributed by atoms with van der Waals surface area (Å²) < 4.78 is 34.1. The van der Waals surface area contributed by atoms with E-state index in [9.17, 15) is 14.0 Å². The van der Waals surface area contributed by atoms with Gasteiger partial charge in [0, 0.05) is 19.3 Å². The molecule has 0 aliphatic rings. The molecule has 33 heavy (non-hydrogen) atoms. The number of esters is 2. The van der Waals surface area contributed by atoms with Crippen LogP contribution in [0.15, 0.2) is 48.5 Å². The van der Waals surface area contributed by atoms with Crippen molar-refractivity contribution in [3.8, 4) is 11.5 Å². The van der Waals surface area contributed by atoms with Crippen LogP contribution in [0.3, 0.4) is 0 Å². The van der Waals surface area contributed by atoms with E-state index < -0.39 is 30.8 Å². The lowest BCUT2D eigenvalue weighted by Crippen LogP contribution is -2.26. The number of benzene rings is 2. The Kier molecular flexibility index (Phi) is 9.97. The summed E-state index contributed by atoms with van der Waals surface area (Å²) in [6.07, 6.45) is -1.43. The summed E-state index contributed by atoms with van der Waals surface area (Å²) in [6, 6.07) is 15.2. The van der Waals surface area contributed by atoms with Crippen molar-refractivity contribution in [3.05, 3.63) is 59.7 Å². The summed E-state index contributed by atoms with van der Waals surface area (Å²) in [5, 5.41) is 0. The van der Waals surface area contributed by atoms with Gasteiger partial charge in [0.25, 0.3) is 0 Å². The molecule has 180 valence electrons. The number of hydrogen-bond donors (Lipinski definition) is 0. The molecule has 8 heteroatoms. The van der Waals surface area contributed by atoms with Crippen LogP contribution in [0.25, 0.3) is 0 Å². The highest BCUT2D eigenvalue weighted by molar-refractivity contribution is 6.18. The van der Waals surface area contributed by atoms with E-state index in [1.165, 1.54) is 13.8 Å². The van der Waals surface area contributed by atoms with Gasteiger partial charge in [-0.2, -0.15) is 0 Å². The van der Waals surface area contributed by atoms with Crippen molar-refractivity contribution < 1.29 is 32.9 Å². The lowest BCUT2D eigenvalue weighted by molar-refractivity contribution is -0.149. The van der Waals surface area contributed by atoms with Gasteiger partial charge in [-0.15, -0.1) is 11.6 Å². The molecule has 0 N–H and O–H groups in total. The maximum atomic E-state index is 12.9. The third kappa shape index (κ3) is 8.24. The zero-order valence-corrected chi connectivity index (χ0v) is 20.1. The first-order valence-corrected chi connectivity index (χ1v) is 11.1. The Morgan fingerprint density at radius 2 is 1.21 bits per heavy atom. The Balaban J connectivity index is 1.99. The standard InChI is InChI=1S/C25H30ClFO6/c1-17(28)32-23(13-26)15-30-21-9-5-19(6-10-21)25(3,4)20-7-11-22(12-8-20)31-16-24(14-27)33-18(2)29/h5-12,23-24H,13-16H2,1-4H3. The van der Waals surface area contributed by atoms with E-state index in [1.807, 2.05) is 36.4 Å². The van der Waals surface area contributed by atoms with Gasteiger partial charge in [-0.05, 0) is 35.4 Å². The van der Waals surface area contributed by atoms with Crippen molar-refractivity contribution in [2.24, 2.45) is 0 Å². The van der Waals surface area contributed by atoms with E-state index in [0.29, 0.717) is 11.5 Å². The average Bonchev–Trinajstić information content (AvgIpc) is 2.79. The molecule has 0 radical (unpaired) electrons. The molecule has 0 amide bonds. The normalized spacial score (nSPS) is 13.0. The lowest BCUT2D eigenvalue weighted by Gasteiger charge is -2.26. The minimum absolute atomic E-state index is 0.0533. The van der Waals surface area contributed by atoms with Gasteiger partial charge in [0.1, 0.15) is 37.5 Å². The first-order chi connectivity index (χ1) is 15.6. The molecular formula is C25H30ClFO6. The summed E-state index contributed by atoms with van der Waals surface area (Å²) in [5.74, 6) is 0.423. The third-order valence-electron chi connectivity index (χ3n) is 5.03. The van der Waals surface area contributed by atoms with E-state index in [2.05, 4.69) is 13.8 Å². The van der Waals surface area contributed by atoms with Crippen LogP contribution in [0.1, 0.15) is 38.8 Å². The zero-order valence-electron chi connectivity index (χ0n) is 19.3. The van der Waals surface area contributed by atoms with E-state index in [0.717, 1.165) is 11.1 Å². The molecule has 0 bridgehead atoms. The molecule has 0 aliphatic heterocycles. The number of halogens is 2. The highest BCUT2D eigenvalue weighted by Crippen LogP contribution is 2.33. The summed E-state index contributed by atoms with van der Waals surface area (Å²) in [7, 11) is 0. The Hall–Kier alpha value is -2.80. The van der Waals surface area contributed by atoms with Gasteiger partial charge in [-0.25, -0.2) is 4.39 Å². The summed E-state index contributed by atoms with van der Waals surface area (Å²) in [4.78, 5) is 22.1. The van der Waals surface area contributed by atoms with Gasteiger partial charge in [0.2, 0.25) is 0 Å². The number of carbonyl (C=O) groups excluding carboxylic acids is 2. The van der Waals surface area contributed by atoms with Crippen LogP contribution < -0.4 is 9.47 Å². The Bertz CT molecular complexity index is 825. The van der Waals surface area contributed by atoms with Crippen LogP contribution >= 0.6 is 11.6 Å². The highest BCUT2D eigenvalue weighted by Gasteiger charge is 2.23. The van der Waals surface area contributed by atoms with Gasteiger partial charge < -0.3 is 18.9 Å². The molecule has 0 saturated heterocycles. The van der Waals surface area contributed by atoms with Crippen molar-refractivity contribution >= 4 is 23.5 Å². The SMILES string of the molecule is CC(=O)OC(CF)COc1ccc(C(C)(C)c2ccc(OCC(CCl)OC(C)=O)cc2)cc1. The summed E-state index contributed by atoms with van der Waals surface area (Å²) in [6.45, 7) is 6.08. The van der Waals surface area contributed by atoms with Crippen molar-refractivity contribution in [2.75, 3.05) is 25.8 Å². The molecule has 0 saturated carbocycles. The number of carbonyl (C=O) groups is 2. The molecule has 0 heterocycles. The van der Waals surface area contributed by atoms with Crippen LogP contribution in [0, 0.1) is 0 Å².